The molecule has 5 nitrogen and oxygen atoms in total. The largest absolute Gasteiger partial charge is 0.493 e. The van der Waals surface area contributed by atoms with Gasteiger partial charge in [0.2, 0.25) is 0 Å². The van der Waals surface area contributed by atoms with Crippen molar-refractivity contribution >= 4 is 11.8 Å². The van der Waals surface area contributed by atoms with Crippen molar-refractivity contribution in [2.45, 2.75) is 26.0 Å². The summed E-state index contributed by atoms with van der Waals surface area (Å²) in [6.07, 6.45) is 0.507. The third-order valence-electron chi connectivity index (χ3n) is 5.27. The second-order valence-corrected chi connectivity index (χ2v) is 9.00. The number of aliphatic hydroxyl groups excluding tert-OH is 1. The molecule has 1 heterocycles. The number of nitrogens with one attached hydrogen (secondary N) is 1. The summed E-state index contributed by atoms with van der Waals surface area (Å²) in [6, 6.07) is 14.7. The molecular formula is C24H34N2O3S. The third kappa shape index (κ3) is 7.51. The zero-order chi connectivity index (χ0) is 21.2. The van der Waals surface area contributed by atoms with Crippen LogP contribution >= 0.6 is 11.8 Å². The predicted molar refractivity (Wildman–Crippen MR) is 125 cm³/mol. The molecule has 0 radical (unpaired) electrons. The van der Waals surface area contributed by atoms with Crippen molar-refractivity contribution in [2.75, 3.05) is 51.4 Å². The highest BCUT2D eigenvalue weighted by Crippen LogP contribution is 2.28. The van der Waals surface area contributed by atoms with E-state index in [9.17, 15) is 5.11 Å². The summed E-state index contributed by atoms with van der Waals surface area (Å²) in [5.41, 5.74) is 3.78. The molecule has 0 aliphatic carbocycles. The standard InChI is InChI=1S/C24H34N2O3S/c1-19-3-5-20(6-4-19)9-10-25-16-21-7-8-23(24(15-21)28-2)29-18-22(27)17-26-11-13-30-14-12-26/h3-8,15,22,25,27H,9-14,16-18H2,1-2H3/t22-/m1/s1. The number of hydrogen-bond donors (Lipinski definition) is 2. The number of thioether (sulfide) groups is 1. The normalized spacial score (nSPS) is 15.7. The van der Waals surface area contributed by atoms with Crippen LogP contribution in [0.25, 0.3) is 0 Å². The summed E-state index contributed by atoms with van der Waals surface area (Å²) < 4.78 is 11.4. The Bertz CT molecular complexity index is 764. The highest BCUT2D eigenvalue weighted by molar-refractivity contribution is 7.99. The molecule has 0 aromatic heterocycles. The number of β-amino-alcohol motifs (C(OH)–C–C–N with tert-alkyl or cyclic N) is 1. The van der Waals surface area contributed by atoms with Crippen LogP contribution in [0.2, 0.25) is 0 Å². The van der Waals surface area contributed by atoms with Crippen LogP contribution in [-0.4, -0.2) is 67.5 Å². The first-order valence-electron chi connectivity index (χ1n) is 10.7. The van der Waals surface area contributed by atoms with E-state index in [1.807, 2.05) is 30.0 Å². The summed E-state index contributed by atoms with van der Waals surface area (Å²) in [5.74, 6) is 3.66. The highest BCUT2D eigenvalue weighted by atomic mass is 32.2. The number of ether oxygens (including phenoxy) is 2. The summed E-state index contributed by atoms with van der Waals surface area (Å²) >= 11 is 1.97. The summed E-state index contributed by atoms with van der Waals surface area (Å²) in [5, 5.41) is 13.8. The molecule has 1 fully saturated rings. The number of hydrogen-bond acceptors (Lipinski definition) is 6. The van der Waals surface area contributed by atoms with E-state index in [2.05, 4.69) is 41.4 Å². The lowest BCUT2D eigenvalue weighted by atomic mass is 10.1. The van der Waals surface area contributed by atoms with Gasteiger partial charge in [0.1, 0.15) is 12.7 Å². The first-order chi connectivity index (χ1) is 14.6. The van der Waals surface area contributed by atoms with Gasteiger partial charge in [-0.25, -0.2) is 0 Å². The lowest BCUT2D eigenvalue weighted by Gasteiger charge is -2.28. The second-order valence-electron chi connectivity index (χ2n) is 7.78. The van der Waals surface area contributed by atoms with E-state index < -0.39 is 6.10 Å². The lowest BCUT2D eigenvalue weighted by molar-refractivity contribution is 0.0705. The van der Waals surface area contributed by atoms with Crippen molar-refractivity contribution in [2.24, 2.45) is 0 Å². The van der Waals surface area contributed by atoms with Gasteiger partial charge < -0.3 is 19.9 Å². The zero-order valence-electron chi connectivity index (χ0n) is 18.1. The molecule has 30 heavy (non-hydrogen) atoms. The van der Waals surface area contributed by atoms with Crippen molar-refractivity contribution in [1.82, 2.24) is 10.2 Å². The lowest BCUT2D eigenvalue weighted by Crippen LogP contribution is -2.40. The van der Waals surface area contributed by atoms with Crippen molar-refractivity contribution in [3.63, 3.8) is 0 Å². The van der Waals surface area contributed by atoms with E-state index in [0.29, 0.717) is 18.0 Å². The number of rotatable bonds is 11. The molecule has 0 saturated carbocycles. The van der Waals surface area contributed by atoms with E-state index in [1.54, 1.807) is 7.11 Å². The average Bonchev–Trinajstić information content (AvgIpc) is 2.77. The summed E-state index contributed by atoms with van der Waals surface area (Å²) in [4.78, 5) is 2.30. The van der Waals surface area contributed by atoms with Gasteiger partial charge in [0.05, 0.1) is 7.11 Å². The van der Waals surface area contributed by atoms with Crippen molar-refractivity contribution < 1.29 is 14.6 Å². The van der Waals surface area contributed by atoms with Crippen LogP contribution in [0.15, 0.2) is 42.5 Å². The topological polar surface area (TPSA) is 54.0 Å². The van der Waals surface area contributed by atoms with Gasteiger partial charge in [0.15, 0.2) is 11.5 Å². The molecule has 1 aliphatic heterocycles. The fourth-order valence-electron chi connectivity index (χ4n) is 3.48. The highest BCUT2D eigenvalue weighted by Gasteiger charge is 2.16. The van der Waals surface area contributed by atoms with Gasteiger partial charge in [-0.3, -0.25) is 4.90 Å². The quantitative estimate of drug-likeness (QED) is 0.534. The van der Waals surface area contributed by atoms with Crippen LogP contribution in [0, 0.1) is 6.92 Å². The molecule has 164 valence electrons. The Kier molecular flexibility index (Phi) is 9.33. The maximum Gasteiger partial charge on any atom is 0.161 e. The van der Waals surface area contributed by atoms with Crippen LogP contribution in [0.3, 0.4) is 0 Å². The summed E-state index contributed by atoms with van der Waals surface area (Å²) in [7, 11) is 1.65. The van der Waals surface area contributed by atoms with Crippen LogP contribution < -0.4 is 14.8 Å². The number of aliphatic hydroxyl groups is 1. The fraction of sp³-hybridized carbons (Fsp3) is 0.500. The minimum Gasteiger partial charge on any atom is -0.493 e. The molecule has 2 aromatic carbocycles. The number of benzene rings is 2. The van der Waals surface area contributed by atoms with E-state index in [1.165, 1.54) is 11.1 Å². The molecule has 2 aromatic rings. The number of methoxy groups -OCH3 is 1. The molecule has 1 aliphatic rings. The van der Waals surface area contributed by atoms with E-state index in [0.717, 1.165) is 49.7 Å². The molecule has 0 unspecified atom stereocenters. The van der Waals surface area contributed by atoms with Crippen LogP contribution in [0.1, 0.15) is 16.7 Å². The molecule has 2 N–H and O–H groups in total. The first-order valence-corrected chi connectivity index (χ1v) is 11.8. The average molecular weight is 431 g/mol. The first kappa shape index (κ1) is 22.9. The molecule has 1 saturated heterocycles. The van der Waals surface area contributed by atoms with E-state index >= 15 is 0 Å². The maximum absolute atomic E-state index is 10.3. The molecular weight excluding hydrogens is 396 g/mol. The Balaban J connectivity index is 1.42. The van der Waals surface area contributed by atoms with Gasteiger partial charge >= 0.3 is 0 Å². The summed E-state index contributed by atoms with van der Waals surface area (Å²) in [6.45, 7) is 6.81. The van der Waals surface area contributed by atoms with Crippen molar-refractivity contribution in [1.29, 1.82) is 0 Å². The minimum atomic E-state index is -0.499. The second kappa shape index (κ2) is 12.2. The van der Waals surface area contributed by atoms with Gasteiger partial charge in [-0.15, -0.1) is 0 Å². The van der Waals surface area contributed by atoms with Crippen LogP contribution in [-0.2, 0) is 13.0 Å². The Morgan fingerprint density at radius 2 is 1.80 bits per heavy atom. The fourth-order valence-corrected chi connectivity index (χ4v) is 4.46. The Morgan fingerprint density at radius 1 is 1.07 bits per heavy atom. The molecule has 1 atom stereocenters. The SMILES string of the molecule is COc1cc(CNCCc2ccc(C)cc2)ccc1OC[C@H](O)CN1CCSCC1. The predicted octanol–water partition coefficient (Wildman–Crippen LogP) is 3.12. The molecule has 0 amide bonds. The van der Waals surface area contributed by atoms with Gasteiger partial charge in [-0.1, -0.05) is 35.9 Å². The van der Waals surface area contributed by atoms with Crippen LogP contribution in [0.4, 0.5) is 0 Å². The number of aryl methyl sites for hydroxylation is 1. The maximum atomic E-state index is 10.3. The van der Waals surface area contributed by atoms with Gasteiger partial charge in [0, 0.05) is 37.7 Å². The monoisotopic (exact) mass is 430 g/mol. The number of nitrogens with zero attached hydrogens (tertiary/aromatic N) is 1. The van der Waals surface area contributed by atoms with Gasteiger partial charge in [-0.05, 0) is 43.1 Å². The minimum absolute atomic E-state index is 0.272. The third-order valence-corrected chi connectivity index (χ3v) is 6.21. The van der Waals surface area contributed by atoms with E-state index in [-0.39, 0.29) is 6.61 Å². The molecule has 6 heteroatoms. The van der Waals surface area contributed by atoms with Gasteiger partial charge in [0.25, 0.3) is 0 Å². The Labute approximate surface area is 184 Å². The molecule has 3 rings (SSSR count). The van der Waals surface area contributed by atoms with Gasteiger partial charge in [-0.2, -0.15) is 11.8 Å². The Morgan fingerprint density at radius 3 is 2.53 bits per heavy atom. The smallest absolute Gasteiger partial charge is 0.161 e. The zero-order valence-corrected chi connectivity index (χ0v) is 18.9. The van der Waals surface area contributed by atoms with E-state index in [4.69, 9.17) is 9.47 Å². The van der Waals surface area contributed by atoms with Crippen molar-refractivity contribution in [3.05, 3.63) is 59.2 Å². The molecule has 0 spiro atoms. The molecule has 0 bridgehead atoms. The van der Waals surface area contributed by atoms with Crippen molar-refractivity contribution in [3.8, 4) is 11.5 Å². The Hall–Kier alpha value is -1.73. The van der Waals surface area contributed by atoms with Crippen LogP contribution in [0.5, 0.6) is 11.5 Å².